The largest absolute Gasteiger partial charge is 0.467 e. The molecule has 5 heteroatoms. The van der Waals surface area contributed by atoms with Gasteiger partial charge in [-0.05, 0) is 31.4 Å². The molecule has 1 aliphatic carbocycles. The van der Waals surface area contributed by atoms with Crippen molar-refractivity contribution >= 4 is 6.03 Å². The summed E-state index contributed by atoms with van der Waals surface area (Å²) in [7, 11) is 0. The van der Waals surface area contributed by atoms with Crippen molar-refractivity contribution in [1.29, 1.82) is 0 Å². The lowest BCUT2D eigenvalue weighted by atomic mass is 9.71. The summed E-state index contributed by atoms with van der Waals surface area (Å²) in [6.07, 6.45) is 6.49. The third kappa shape index (κ3) is 2.68. The fourth-order valence-electron chi connectivity index (χ4n) is 3.44. The van der Waals surface area contributed by atoms with Gasteiger partial charge in [-0.2, -0.15) is 0 Å². The smallest absolute Gasteiger partial charge is 0.317 e. The number of hydrogen-bond donors (Lipinski definition) is 2. The molecule has 2 N–H and O–H groups in total. The predicted molar refractivity (Wildman–Crippen MR) is 74.0 cm³/mol. The van der Waals surface area contributed by atoms with Crippen molar-refractivity contribution in [2.24, 2.45) is 5.92 Å². The van der Waals surface area contributed by atoms with Crippen LogP contribution in [0, 0.1) is 5.92 Å². The molecule has 2 fully saturated rings. The van der Waals surface area contributed by atoms with Gasteiger partial charge in [0.2, 0.25) is 0 Å². The number of nitrogens with zero attached hydrogens (tertiary/aromatic N) is 1. The van der Waals surface area contributed by atoms with E-state index in [9.17, 15) is 9.90 Å². The van der Waals surface area contributed by atoms with Crippen LogP contribution >= 0.6 is 0 Å². The van der Waals surface area contributed by atoms with E-state index in [1.165, 1.54) is 0 Å². The Morgan fingerprint density at radius 3 is 3.20 bits per heavy atom. The Bertz CT molecular complexity index is 460. The summed E-state index contributed by atoms with van der Waals surface area (Å²) in [6, 6.07) is 3.59. The van der Waals surface area contributed by atoms with Crippen LogP contribution in [0.15, 0.2) is 22.8 Å². The maximum atomic E-state index is 12.2. The van der Waals surface area contributed by atoms with Crippen LogP contribution in [0.1, 0.15) is 37.9 Å². The van der Waals surface area contributed by atoms with Gasteiger partial charge in [0.05, 0.1) is 18.4 Å². The van der Waals surface area contributed by atoms with Gasteiger partial charge >= 0.3 is 6.03 Å². The monoisotopic (exact) mass is 278 g/mol. The molecule has 1 saturated carbocycles. The third-order valence-corrected chi connectivity index (χ3v) is 4.71. The Balaban J connectivity index is 1.54. The molecule has 0 radical (unpaired) electrons. The first-order valence-electron chi connectivity index (χ1n) is 7.45. The highest BCUT2D eigenvalue weighted by molar-refractivity contribution is 5.74. The summed E-state index contributed by atoms with van der Waals surface area (Å²) in [5, 5.41) is 13.5. The van der Waals surface area contributed by atoms with E-state index in [2.05, 4.69) is 5.32 Å². The van der Waals surface area contributed by atoms with Crippen molar-refractivity contribution in [2.75, 3.05) is 13.1 Å². The zero-order valence-corrected chi connectivity index (χ0v) is 11.7. The lowest BCUT2D eigenvalue weighted by Crippen LogP contribution is -2.56. The first kappa shape index (κ1) is 13.5. The van der Waals surface area contributed by atoms with Gasteiger partial charge in [-0.3, -0.25) is 0 Å². The second-order valence-corrected chi connectivity index (χ2v) is 5.98. The Kier molecular flexibility index (Phi) is 3.70. The summed E-state index contributed by atoms with van der Waals surface area (Å²) in [4.78, 5) is 14.0. The zero-order chi connectivity index (χ0) is 14.0. The van der Waals surface area contributed by atoms with Gasteiger partial charge in [0.25, 0.3) is 0 Å². The molecule has 20 heavy (non-hydrogen) atoms. The van der Waals surface area contributed by atoms with E-state index in [0.29, 0.717) is 26.1 Å². The molecular formula is C15H22N2O3. The van der Waals surface area contributed by atoms with Crippen LogP contribution in [0.5, 0.6) is 0 Å². The molecule has 0 unspecified atom stereocenters. The Labute approximate surface area is 118 Å². The molecule has 2 amide bonds. The number of amides is 2. The van der Waals surface area contributed by atoms with Crippen molar-refractivity contribution in [3.05, 3.63) is 24.2 Å². The molecule has 3 rings (SSSR count). The van der Waals surface area contributed by atoms with Crippen molar-refractivity contribution in [3.63, 3.8) is 0 Å². The molecule has 5 nitrogen and oxygen atoms in total. The fraction of sp³-hybridized carbons (Fsp3) is 0.667. The molecule has 2 aliphatic rings. The van der Waals surface area contributed by atoms with Crippen LogP contribution in [0.4, 0.5) is 4.79 Å². The van der Waals surface area contributed by atoms with Crippen LogP contribution in [0.2, 0.25) is 0 Å². The summed E-state index contributed by atoms with van der Waals surface area (Å²) < 4.78 is 5.20. The van der Waals surface area contributed by atoms with Gasteiger partial charge in [0.15, 0.2) is 0 Å². The highest BCUT2D eigenvalue weighted by atomic mass is 16.3. The van der Waals surface area contributed by atoms with Crippen LogP contribution in [-0.4, -0.2) is 34.7 Å². The number of rotatable bonds is 2. The molecule has 2 atom stereocenters. The zero-order valence-electron chi connectivity index (χ0n) is 11.7. The number of hydrogen-bond acceptors (Lipinski definition) is 3. The van der Waals surface area contributed by atoms with E-state index in [0.717, 1.165) is 31.4 Å². The Morgan fingerprint density at radius 2 is 2.40 bits per heavy atom. The molecular weight excluding hydrogens is 256 g/mol. The molecule has 110 valence electrons. The topological polar surface area (TPSA) is 65.7 Å². The van der Waals surface area contributed by atoms with Gasteiger partial charge < -0.3 is 19.7 Å². The molecule has 1 saturated heterocycles. The summed E-state index contributed by atoms with van der Waals surface area (Å²) in [5.41, 5.74) is -0.532. The minimum absolute atomic E-state index is 0.0611. The van der Waals surface area contributed by atoms with E-state index < -0.39 is 5.60 Å². The van der Waals surface area contributed by atoms with Crippen LogP contribution in [0.3, 0.4) is 0 Å². The van der Waals surface area contributed by atoms with E-state index in [4.69, 9.17) is 4.42 Å². The number of urea groups is 1. The Morgan fingerprint density at radius 1 is 1.50 bits per heavy atom. The van der Waals surface area contributed by atoms with E-state index in [1.54, 1.807) is 6.26 Å². The number of carbonyl (C=O) groups is 1. The minimum atomic E-state index is -0.532. The molecule has 1 aliphatic heterocycles. The number of aliphatic hydroxyl groups is 1. The minimum Gasteiger partial charge on any atom is -0.467 e. The molecule has 0 aromatic carbocycles. The molecule has 1 aromatic rings. The quantitative estimate of drug-likeness (QED) is 0.871. The first-order chi connectivity index (χ1) is 9.67. The molecule has 0 bridgehead atoms. The van der Waals surface area contributed by atoms with Crippen molar-refractivity contribution in [2.45, 2.75) is 44.2 Å². The predicted octanol–water partition coefficient (Wildman–Crippen LogP) is 2.12. The van der Waals surface area contributed by atoms with Gasteiger partial charge in [-0.15, -0.1) is 0 Å². The Hall–Kier alpha value is -1.49. The highest BCUT2D eigenvalue weighted by Gasteiger charge is 2.43. The van der Waals surface area contributed by atoms with Gasteiger partial charge in [-0.25, -0.2) is 4.79 Å². The lowest BCUT2D eigenvalue weighted by Gasteiger charge is -2.47. The van der Waals surface area contributed by atoms with Crippen molar-refractivity contribution < 1.29 is 14.3 Å². The molecule has 1 aromatic heterocycles. The second kappa shape index (κ2) is 5.48. The van der Waals surface area contributed by atoms with Crippen LogP contribution in [0.25, 0.3) is 0 Å². The summed E-state index contributed by atoms with van der Waals surface area (Å²) in [6.45, 7) is 1.72. The van der Waals surface area contributed by atoms with E-state index >= 15 is 0 Å². The fourth-order valence-corrected chi connectivity index (χ4v) is 3.44. The van der Waals surface area contributed by atoms with Gasteiger partial charge in [-0.1, -0.05) is 12.8 Å². The highest BCUT2D eigenvalue weighted by Crippen LogP contribution is 2.39. The average Bonchev–Trinajstić information content (AvgIpc) is 2.97. The number of nitrogens with one attached hydrogen (secondary N) is 1. The maximum Gasteiger partial charge on any atom is 0.317 e. The van der Waals surface area contributed by atoms with Gasteiger partial charge in [0, 0.05) is 19.0 Å². The van der Waals surface area contributed by atoms with E-state index in [1.807, 2.05) is 17.0 Å². The summed E-state index contributed by atoms with van der Waals surface area (Å²) in [5.74, 6) is 0.990. The van der Waals surface area contributed by atoms with Crippen LogP contribution in [-0.2, 0) is 6.54 Å². The van der Waals surface area contributed by atoms with Crippen molar-refractivity contribution in [3.8, 4) is 0 Å². The number of piperidine rings is 1. The number of carbonyl (C=O) groups excluding carboxylic acids is 1. The van der Waals surface area contributed by atoms with Crippen LogP contribution < -0.4 is 5.32 Å². The van der Waals surface area contributed by atoms with E-state index in [-0.39, 0.29) is 11.9 Å². The number of fused-ring (bicyclic) bond motifs is 1. The van der Waals surface area contributed by atoms with Gasteiger partial charge in [0.1, 0.15) is 5.76 Å². The average molecular weight is 278 g/mol. The lowest BCUT2D eigenvalue weighted by molar-refractivity contribution is -0.0871. The normalized spacial score (nSPS) is 29.9. The standard InChI is InChI=1S/C15H22N2O3/c18-14(16-10-13-5-3-9-20-13)17-8-7-15(19)6-2-1-4-12(15)11-17/h3,5,9,12,19H,1-2,4,6-8,10-11H2,(H,16,18)/t12-,15+/m0/s1. The molecule has 2 heterocycles. The third-order valence-electron chi connectivity index (χ3n) is 4.71. The maximum absolute atomic E-state index is 12.2. The first-order valence-corrected chi connectivity index (χ1v) is 7.45. The number of furan rings is 1. The van der Waals surface area contributed by atoms with Crippen molar-refractivity contribution in [1.82, 2.24) is 10.2 Å². The molecule has 0 spiro atoms. The second-order valence-electron chi connectivity index (χ2n) is 5.98. The SMILES string of the molecule is O=C(NCc1ccco1)N1CC[C@]2(O)CCCC[C@H]2C1. The summed E-state index contributed by atoms with van der Waals surface area (Å²) >= 11 is 0. The number of likely N-dealkylation sites (tertiary alicyclic amines) is 1.